The Morgan fingerprint density at radius 2 is 2.26 bits per heavy atom. The molecule has 1 aliphatic rings. The molecule has 1 aliphatic carbocycles. The van der Waals surface area contributed by atoms with E-state index in [2.05, 4.69) is 27.7 Å². The summed E-state index contributed by atoms with van der Waals surface area (Å²) < 4.78 is 18.2. The van der Waals surface area contributed by atoms with Gasteiger partial charge in [0, 0.05) is 21.5 Å². The van der Waals surface area contributed by atoms with E-state index in [1.807, 2.05) is 12.1 Å². The van der Waals surface area contributed by atoms with Crippen LogP contribution in [0, 0.1) is 0 Å². The first-order chi connectivity index (χ1) is 11.1. The average molecular weight is 394 g/mol. The first-order valence-corrected chi connectivity index (χ1v) is 9.61. The van der Waals surface area contributed by atoms with Crippen molar-refractivity contribution in [1.29, 1.82) is 0 Å². The van der Waals surface area contributed by atoms with Crippen LogP contribution in [0.3, 0.4) is 0 Å². The van der Waals surface area contributed by atoms with E-state index in [4.69, 9.17) is 4.52 Å². The summed E-state index contributed by atoms with van der Waals surface area (Å²) >= 11 is 2.32. The molecule has 0 saturated heterocycles. The lowest BCUT2D eigenvalue weighted by Gasteiger charge is -2.12. The Labute approximate surface area is 146 Å². The third-order valence-electron chi connectivity index (χ3n) is 3.72. The van der Waals surface area contributed by atoms with Crippen LogP contribution in [0.15, 0.2) is 46.0 Å². The van der Waals surface area contributed by atoms with Gasteiger partial charge in [0.15, 0.2) is 11.5 Å². The number of halogens is 1. The Hall–Kier alpha value is -1.37. The summed E-state index contributed by atoms with van der Waals surface area (Å²) in [6.45, 7) is 3.61. The van der Waals surface area contributed by atoms with Gasteiger partial charge in [-0.2, -0.15) is 0 Å². The van der Waals surface area contributed by atoms with Gasteiger partial charge >= 0.3 is 0 Å². The highest BCUT2D eigenvalue weighted by Crippen LogP contribution is 2.42. The molecule has 0 radical (unpaired) electrons. The zero-order chi connectivity index (χ0) is 16.4. The largest absolute Gasteiger partial charge is 0.616 e. The molecule has 1 aromatic carbocycles. The summed E-state index contributed by atoms with van der Waals surface area (Å²) in [5.74, 6) is 1.59. The van der Waals surface area contributed by atoms with Crippen molar-refractivity contribution in [2.75, 3.05) is 5.75 Å². The lowest BCUT2D eigenvalue weighted by Crippen LogP contribution is -2.12. The zero-order valence-electron chi connectivity index (χ0n) is 12.5. The van der Waals surface area contributed by atoms with Crippen LogP contribution < -0.4 is 0 Å². The number of ketones is 1. The highest BCUT2D eigenvalue weighted by Gasteiger charge is 2.33. The smallest absolute Gasteiger partial charge is 0.198 e. The fourth-order valence-electron chi connectivity index (χ4n) is 2.47. The highest BCUT2D eigenvalue weighted by molar-refractivity contribution is 9.10. The van der Waals surface area contributed by atoms with Crippen molar-refractivity contribution in [3.8, 4) is 0 Å². The Kier molecular flexibility index (Phi) is 5.04. The molecule has 2 aromatic rings. The van der Waals surface area contributed by atoms with Gasteiger partial charge in [0.25, 0.3) is 0 Å². The fourth-order valence-corrected chi connectivity index (χ4v) is 3.85. The predicted molar refractivity (Wildman–Crippen MR) is 93.0 cm³/mol. The van der Waals surface area contributed by atoms with Gasteiger partial charge < -0.3 is 9.08 Å². The third-order valence-corrected chi connectivity index (χ3v) is 5.46. The molecule has 120 valence electrons. The van der Waals surface area contributed by atoms with E-state index >= 15 is 0 Å². The Morgan fingerprint density at radius 1 is 1.48 bits per heavy atom. The normalized spacial score (nSPS) is 15.4. The van der Waals surface area contributed by atoms with Gasteiger partial charge in [-0.3, -0.25) is 4.79 Å². The molecular formula is C17H16BrNO3S. The maximum absolute atomic E-state index is 12.9. The third kappa shape index (κ3) is 3.76. The van der Waals surface area contributed by atoms with E-state index in [-0.39, 0.29) is 5.78 Å². The Balaban J connectivity index is 1.93. The quantitative estimate of drug-likeness (QED) is 0.405. The lowest BCUT2D eigenvalue weighted by atomic mass is 9.99. The molecule has 0 N–H and O–H groups in total. The molecule has 1 aromatic heterocycles. The van der Waals surface area contributed by atoms with Crippen LogP contribution in [0.1, 0.15) is 46.0 Å². The van der Waals surface area contributed by atoms with Gasteiger partial charge in [-0.25, -0.2) is 0 Å². The Morgan fingerprint density at radius 3 is 2.96 bits per heavy atom. The molecule has 1 heterocycles. The Bertz CT molecular complexity index is 739. The molecule has 0 amide bonds. The predicted octanol–water partition coefficient (Wildman–Crippen LogP) is 3.98. The topological polar surface area (TPSA) is 66.2 Å². The van der Waals surface area contributed by atoms with Crippen LogP contribution in [0.25, 0.3) is 0 Å². The summed E-state index contributed by atoms with van der Waals surface area (Å²) in [6, 6.07) is 5.42. The van der Waals surface area contributed by atoms with Crippen LogP contribution in [0.2, 0.25) is 0 Å². The number of benzene rings is 1. The molecular weight excluding hydrogens is 378 g/mol. The summed E-state index contributed by atoms with van der Waals surface area (Å²) in [5.41, 5.74) is 1.83. The maximum Gasteiger partial charge on any atom is 0.198 e. The number of carbonyl (C=O) groups is 1. The van der Waals surface area contributed by atoms with Crippen molar-refractivity contribution in [1.82, 2.24) is 5.16 Å². The molecule has 0 spiro atoms. The minimum absolute atomic E-state index is 0.119. The molecule has 6 heteroatoms. The van der Waals surface area contributed by atoms with Crippen molar-refractivity contribution in [3.05, 3.63) is 64.0 Å². The minimum atomic E-state index is -1.08. The fraction of sp³-hybridized carbons (Fsp3) is 0.294. The van der Waals surface area contributed by atoms with Gasteiger partial charge in [-0.05, 0) is 48.3 Å². The SMILES string of the molecule is C=CC[S+]([O-])Cc1cc(Br)ccc1C(=O)c1cnoc1C1CC1. The lowest BCUT2D eigenvalue weighted by molar-refractivity contribution is 0.103. The van der Waals surface area contributed by atoms with Crippen LogP contribution in [-0.2, 0) is 16.9 Å². The van der Waals surface area contributed by atoms with Gasteiger partial charge in [0.1, 0.15) is 11.5 Å². The molecule has 3 rings (SSSR count). The number of hydrogen-bond acceptors (Lipinski definition) is 4. The zero-order valence-corrected chi connectivity index (χ0v) is 14.9. The molecule has 0 aliphatic heterocycles. The molecule has 1 atom stereocenters. The van der Waals surface area contributed by atoms with Crippen molar-refractivity contribution in [3.63, 3.8) is 0 Å². The second kappa shape index (κ2) is 7.03. The average Bonchev–Trinajstić information content (AvgIpc) is 3.24. The second-order valence-corrected chi connectivity index (χ2v) is 7.97. The number of nitrogens with zero attached hydrogens (tertiary/aromatic N) is 1. The summed E-state index contributed by atoms with van der Waals surface area (Å²) in [6.07, 6.45) is 5.18. The van der Waals surface area contributed by atoms with E-state index < -0.39 is 11.2 Å². The van der Waals surface area contributed by atoms with E-state index in [0.29, 0.717) is 34.3 Å². The molecule has 0 bridgehead atoms. The second-order valence-electron chi connectivity index (χ2n) is 5.55. The number of rotatable bonds is 7. The van der Waals surface area contributed by atoms with Crippen LogP contribution in [-0.4, -0.2) is 21.2 Å². The summed E-state index contributed by atoms with van der Waals surface area (Å²) in [4.78, 5) is 12.9. The minimum Gasteiger partial charge on any atom is -0.616 e. The van der Waals surface area contributed by atoms with E-state index in [1.54, 1.807) is 12.1 Å². The maximum atomic E-state index is 12.9. The molecule has 1 fully saturated rings. The molecule has 1 saturated carbocycles. The van der Waals surface area contributed by atoms with E-state index in [1.165, 1.54) is 6.20 Å². The van der Waals surface area contributed by atoms with Gasteiger partial charge in [0.2, 0.25) is 0 Å². The van der Waals surface area contributed by atoms with Crippen LogP contribution in [0.5, 0.6) is 0 Å². The van der Waals surface area contributed by atoms with Crippen molar-refractivity contribution >= 4 is 32.9 Å². The molecule has 1 unspecified atom stereocenters. The van der Waals surface area contributed by atoms with E-state index in [0.717, 1.165) is 22.9 Å². The van der Waals surface area contributed by atoms with Crippen molar-refractivity contribution in [2.45, 2.75) is 24.5 Å². The molecule has 4 nitrogen and oxygen atoms in total. The number of hydrogen-bond donors (Lipinski definition) is 0. The van der Waals surface area contributed by atoms with Crippen LogP contribution >= 0.6 is 15.9 Å². The van der Waals surface area contributed by atoms with E-state index in [9.17, 15) is 9.35 Å². The monoisotopic (exact) mass is 393 g/mol. The van der Waals surface area contributed by atoms with Crippen LogP contribution in [0.4, 0.5) is 0 Å². The highest BCUT2D eigenvalue weighted by atomic mass is 79.9. The number of aromatic nitrogens is 1. The van der Waals surface area contributed by atoms with Gasteiger partial charge in [-0.1, -0.05) is 27.7 Å². The van der Waals surface area contributed by atoms with Crippen molar-refractivity contribution in [2.24, 2.45) is 0 Å². The van der Waals surface area contributed by atoms with Crippen molar-refractivity contribution < 1.29 is 13.9 Å². The van der Waals surface area contributed by atoms with Gasteiger partial charge in [0.05, 0.1) is 11.8 Å². The summed E-state index contributed by atoms with van der Waals surface area (Å²) in [7, 11) is 0. The van der Waals surface area contributed by atoms with Gasteiger partial charge in [-0.15, -0.1) is 0 Å². The first kappa shape index (κ1) is 16.5. The number of carbonyl (C=O) groups excluding carboxylic acids is 1. The summed E-state index contributed by atoms with van der Waals surface area (Å²) in [5, 5.41) is 3.79. The molecule has 23 heavy (non-hydrogen) atoms. The standard InChI is InChI=1S/C17H16BrNO3S/c1-2-7-23(21)10-12-8-13(18)5-6-14(12)16(20)15-9-19-22-17(15)11-3-4-11/h2,5-6,8-9,11H,1,3-4,7,10H2. The first-order valence-electron chi connectivity index (χ1n) is 7.33.